The molecule has 0 aliphatic carbocycles. The monoisotopic (exact) mass is 236 g/mol. The third-order valence-electron chi connectivity index (χ3n) is 2.18. The molecule has 1 aromatic carbocycles. The fraction of sp³-hybridized carbons (Fsp3) is 0.533. The fourth-order valence-electron chi connectivity index (χ4n) is 1.64. The molecule has 0 aliphatic rings. The summed E-state index contributed by atoms with van der Waals surface area (Å²) >= 11 is 0. The van der Waals surface area contributed by atoms with Crippen molar-refractivity contribution < 1.29 is 9.90 Å². The first-order valence-electron chi connectivity index (χ1n) is 6.17. The number of hydrogen-bond acceptors (Lipinski definition) is 1. The lowest BCUT2D eigenvalue weighted by molar-refractivity contribution is -0.136. The van der Waals surface area contributed by atoms with Crippen molar-refractivity contribution in [2.24, 2.45) is 5.41 Å². The van der Waals surface area contributed by atoms with Gasteiger partial charge in [-0.1, -0.05) is 58.9 Å². The van der Waals surface area contributed by atoms with E-state index in [4.69, 9.17) is 5.11 Å². The van der Waals surface area contributed by atoms with Gasteiger partial charge in [-0.3, -0.25) is 4.79 Å². The molecule has 0 amide bonds. The van der Waals surface area contributed by atoms with Gasteiger partial charge in [-0.2, -0.15) is 0 Å². The van der Waals surface area contributed by atoms with Crippen LogP contribution in [0.25, 0.3) is 0 Å². The van der Waals surface area contributed by atoms with Crippen molar-refractivity contribution in [3.63, 3.8) is 0 Å². The molecule has 17 heavy (non-hydrogen) atoms. The second-order valence-electron chi connectivity index (χ2n) is 5.08. The van der Waals surface area contributed by atoms with E-state index in [1.165, 1.54) is 0 Å². The lowest BCUT2D eigenvalue weighted by Crippen LogP contribution is -2.12. The Morgan fingerprint density at radius 1 is 1.12 bits per heavy atom. The quantitative estimate of drug-likeness (QED) is 0.863. The average Bonchev–Trinajstić information content (AvgIpc) is 2.21. The van der Waals surface area contributed by atoms with Gasteiger partial charge >= 0.3 is 5.97 Å². The van der Waals surface area contributed by atoms with Crippen molar-refractivity contribution in [3.8, 4) is 0 Å². The molecule has 0 unspecified atom stereocenters. The van der Waals surface area contributed by atoms with Crippen LogP contribution >= 0.6 is 0 Å². The van der Waals surface area contributed by atoms with E-state index in [2.05, 4.69) is 20.8 Å². The van der Waals surface area contributed by atoms with E-state index in [-0.39, 0.29) is 11.8 Å². The van der Waals surface area contributed by atoms with Gasteiger partial charge in [0.05, 0.1) is 6.42 Å². The van der Waals surface area contributed by atoms with Crippen LogP contribution in [-0.2, 0) is 17.6 Å². The SMILES string of the molecule is CC.CC(C)(C)Cc1ccccc1CC(=O)O. The summed E-state index contributed by atoms with van der Waals surface area (Å²) in [7, 11) is 0. The van der Waals surface area contributed by atoms with Crippen molar-refractivity contribution in [1.82, 2.24) is 0 Å². The molecule has 0 spiro atoms. The molecule has 1 N–H and O–H groups in total. The number of carboxylic acid groups (broad SMARTS) is 1. The molecule has 0 bridgehead atoms. The molecule has 0 radical (unpaired) electrons. The van der Waals surface area contributed by atoms with Gasteiger partial charge in [0.1, 0.15) is 0 Å². The summed E-state index contributed by atoms with van der Waals surface area (Å²) in [5, 5.41) is 8.79. The molecular weight excluding hydrogens is 212 g/mol. The summed E-state index contributed by atoms with van der Waals surface area (Å²) < 4.78 is 0. The number of carbonyl (C=O) groups is 1. The lowest BCUT2D eigenvalue weighted by atomic mass is 9.86. The Morgan fingerprint density at radius 3 is 2.00 bits per heavy atom. The number of rotatable bonds is 3. The normalized spacial score (nSPS) is 10.4. The van der Waals surface area contributed by atoms with Crippen LogP contribution < -0.4 is 0 Å². The van der Waals surface area contributed by atoms with Gasteiger partial charge in [0.25, 0.3) is 0 Å². The van der Waals surface area contributed by atoms with Crippen LogP contribution in [-0.4, -0.2) is 11.1 Å². The minimum atomic E-state index is -0.767. The van der Waals surface area contributed by atoms with E-state index in [1.54, 1.807) is 0 Å². The molecule has 0 fully saturated rings. The van der Waals surface area contributed by atoms with Gasteiger partial charge in [-0.25, -0.2) is 0 Å². The molecule has 1 rings (SSSR count). The highest BCUT2D eigenvalue weighted by Gasteiger charge is 2.14. The molecule has 96 valence electrons. The first kappa shape index (κ1) is 15.7. The molecule has 0 heterocycles. The third kappa shape index (κ3) is 6.77. The van der Waals surface area contributed by atoms with Gasteiger partial charge in [0.2, 0.25) is 0 Å². The first-order chi connectivity index (χ1) is 7.88. The summed E-state index contributed by atoms with van der Waals surface area (Å²) in [5.74, 6) is -0.767. The van der Waals surface area contributed by atoms with Crippen molar-refractivity contribution in [2.75, 3.05) is 0 Å². The van der Waals surface area contributed by atoms with E-state index < -0.39 is 5.97 Å². The van der Waals surface area contributed by atoms with E-state index in [9.17, 15) is 4.79 Å². The standard InChI is InChI=1S/C13H18O2.C2H6/c1-13(2,3)9-11-7-5-4-6-10(11)8-12(14)15;1-2/h4-7H,8-9H2,1-3H3,(H,14,15);1-2H3. The van der Waals surface area contributed by atoms with E-state index in [0.717, 1.165) is 17.5 Å². The number of carboxylic acids is 1. The molecule has 2 nitrogen and oxygen atoms in total. The molecule has 1 aromatic rings. The maximum Gasteiger partial charge on any atom is 0.307 e. The molecular formula is C15H24O2. The van der Waals surface area contributed by atoms with Crippen LogP contribution in [0.1, 0.15) is 45.7 Å². The van der Waals surface area contributed by atoms with Gasteiger partial charge in [-0.15, -0.1) is 0 Å². The second-order valence-corrected chi connectivity index (χ2v) is 5.08. The molecule has 0 aromatic heterocycles. The van der Waals surface area contributed by atoms with Crippen molar-refractivity contribution in [2.45, 2.75) is 47.5 Å². The minimum Gasteiger partial charge on any atom is -0.481 e. The Hall–Kier alpha value is -1.31. The van der Waals surface area contributed by atoms with E-state index >= 15 is 0 Å². The smallest absolute Gasteiger partial charge is 0.307 e. The van der Waals surface area contributed by atoms with Gasteiger partial charge in [0, 0.05) is 0 Å². The zero-order valence-electron chi connectivity index (χ0n) is 11.6. The third-order valence-corrected chi connectivity index (χ3v) is 2.18. The zero-order valence-corrected chi connectivity index (χ0v) is 11.6. The Labute approximate surface area is 105 Å². The molecule has 0 saturated carbocycles. The topological polar surface area (TPSA) is 37.3 Å². The summed E-state index contributed by atoms with van der Waals surface area (Å²) in [6.45, 7) is 10.5. The predicted octanol–water partition coefficient (Wildman–Crippen LogP) is 3.93. The maximum atomic E-state index is 10.7. The Balaban J connectivity index is 0.00000121. The molecule has 0 aliphatic heterocycles. The van der Waals surface area contributed by atoms with Crippen molar-refractivity contribution in [3.05, 3.63) is 35.4 Å². The van der Waals surface area contributed by atoms with Crippen LogP contribution in [0.4, 0.5) is 0 Å². The highest BCUT2D eigenvalue weighted by Crippen LogP contribution is 2.23. The van der Waals surface area contributed by atoms with Gasteiger partial charge in [-0.05, 0) is 23.0 Å². The minimum absolute atomic E-state index is 0.117. The molecule has 0 atom stereocenters. The van der Waals surface area contributed by atoms with E-state index in [1.807, 2.05) is 38.1 Å². The van der Waals surface area contributed by atoms with Gasteiger partial charge in [0.15, 0.2) is 0 Å². The first-order valence-corrected chi connectivity index (χ1v) is 6.17. The van der Waals surface area contributed by atoms with E-state index in [0.29, 0.717) is 0 Å². The van der Waals surface area contributed by atoms with Crippen molar-refractivity contribution in [1.29, 1.82) is 0 Å². The largest absolute Gasteiger partial charge is 0.481 e. The molecule has 0 saturated heterocycles. The maximum absolute atomic E-state index is 10.7. The van der Waals surface area contributed by atoms with Gasteiger partial charge < -0.3 is 5.11 Å². The number of benzene rings is 1. The Morgan fingerprint density at radius 2 is 1.59 bits per heavy atom. The molecule has 2 heteroatoms. The van der Waals surface area contributed by atoms with Crippen LogP contribution in [0, 0.1) is 5.41 Å². The van der Waals surface area contributed by atoms with Crippen molar-refractivity contribution >= 4 is 5.97 Å². The lowest BCUT2D eigenvalue weighted by Gasteiger charge is -2.20. The number of aliphatic carboxylic acids is 1. The van der Waals surface area contributed by atoms with Crippen LogP contribution in [0.3, 0.4) is 0 Å². The highest BCUT2D eigenvalue weighted by atomic mass is 16.4. The Kier molecular flexibility index (Phi) is 6.55. The predicted molar refractivity (Wildman–Crippen MR) is 72.3 cm³/mol. The summed E-state index contributed by atoms with van der Waals surface area (Å²) in [5.41, 5.74) is 2.27. The summed E-state index contributed by atoms with van der Waals surface area (Å²) in [6.07, 6.45) is 1.03. The van der Waals surface area contributed by atoms with Crippen LogP contribution in [0.15, 0.2) is 24.3 Å². The zero-order chi connectivity index (χ0) is 13.5. The number of hydrogen-bond donors (Lipinski definition) is 1. The summed E-state index contributed by atoms with van der Waals surface area (Å²) in [4.78, 5) is 10.7. The summed E-state index contributed by atoms with van der Waals surface area (Å²) in [6, 6.07) is 7.77. The second kappa shape index (κ2) is 7.10. The van der Waals surface area contributed by atoms with Crippen LogP contribution in [0.2, 0.25) is 0 Å². The Bertz CT molecular complexity index is 348. The fourth-order valence-corrected chi connectivity index (χ4v) is 1.64. The average molecular weight is 236 g/mol. The highest BCUT2D eigenvalue weighted by molar-refractivity contribution is 5.70. The van der Waals surface area contributed by atoms with Crippen LogP contribution in [0.5, 0.6) is 0 Å².